The van der Waals surface area contributed by atoms with Crippen LogP contribution in [0.2, 0.25) is 0 Å². The maximum Gasteiger partial charge on any atom is 0.242 e. The van der Waals surface area contributed by atoms with E-state index in [1.165, 1.54) is 5.56 Å². The van der Waals surface area contributed by atoms with E-state index in [2.05, 4.69) is 40.2 Å². The third-order valence-corrected chi connectivity index (χ3v) is 6.38. The number of carbonyl (C=O) groups is 1. The molecule has 34 heavy (non-hydrogen) atoms. The maximum absolute atomic E-state index is 13.1. The van der Waals surface area contributed by atoms with E-state index < -0.39 is 0 Å². The zero-order valence-corrected chi connectivity index (χ0v) is 20.3. The second-order valence-corrected chi connectivity index (χ2v) is 9.23. The third-order valence-electron chi connectivity index (χ3n) is 6.38. The Kier molecular flexibility index (Phi) is 7.48. The van der Waals surface area contributed by atoms with E-state index in [9.17, 15) is 9.90 Å². The number of nitrogens with one attached hydrogen (secondary N) is 1. The van der Waals surface area contributed by atoms with E-state index in [0.29, 0.717) is 17.8 Å². The van der Waals surface area contributed by atoms with Crippen LogP contribution in [0.4, 0.5) is 5.82 Å². The molecular formula is C28H34N4O2. The van der Waals surface area contributed by atoms with E-state index in [4.69, 9.17) is 4.98 Å². The normalized spacial score (nSPS) is 15.6. The molecule has 6 nitrogen and oxygen atoms in total. The first-order valence-corrected chi connectivity index (χ1v) is 12.0. The van der Waals surface area contributed by atoms with Crippen LogP contribution in [0.1, 0.15) is 24.8 Å². The molecule has 0 saturated carbocycles. The molecule has 178 valence electrons. The predicted molar refractivity (Wildman–Crippen MR) is 138 cm³/mol. The van der Waals surface area contributed by atoms with Gasteiger partial charge in [-0.05, 0) is 87.8 Å². The van der Waals surface area contributed by atoms with Gasteiger partial charge in [-0.15, -0.1) is 0 Å². The molecule has 1 aromatic heterocycles. The molecule has 2 N–H and O–H groups in total. The number of carbonyl (C=O) groups excluding carboxylic acids is 1. The number of benzene rings is 2. The van der Waals surface area contributed by atoms with Gasteiger partial charge in [0.05, 0.1) is 5.69 Å². The number of amides is 1. The number of para-hydroxylation sites is 1. The van der Waals surface area contributed by atoms with Crippen molar-refractivity contribution in [1.29, 1.82) is 0 Å². The van der Waals surface area contributed by atoms with Crippen LogP contribution in [-0.2, 0) is 4.79 Å². The van der Waals surface area contributed by atoms with Crippen LogP contribution >= 0.6 is 0 Å². The fourth-order valence-electron chi connectivity index (χ4n) is 4.58. The highest BCUT2D eigenvalue weighted by Gasteiger charge is 2.32. The first-order valence-electron chi connectivity index (χ1n) is 12.0. The van der Waals surface area contributed by atoms with Crippen LogP contribution < -0.4 is 10.2 Å². The molecular weight excluding hydrogens is 424 g/mol. The SMILES string of the molecule is Cc1ccccc1-c1cc(-c2ccccc2O)nc(N2CCC[C@H]2C(=O)NCCCN(C)C)c1. The van der Waals surface area contributed by atoms with Crippen LogP contribution in [-0.4, -0.2) is 60.7 Å². The monoisotopic (exact) mass is 458 g/mol. The van der Waals surface area contributed by atoms with E-state index in [1.807, 2.05) is 50.5 Å². The second kappa shape index (κ2) is 10.7. The standard InChI is InChI=1S/C28H34N4O2/c1-20-10-4-5-11-22(20)21-18-24(23-12-6-7-14-26(23)33)30-27(19-21)32-17-8-13-25(32)28(34)29-15-9-16-31(2)3/h4-7,10-12,14,18-19,25,33H,8-9,13,15-17H2,1-3H3,(H,29,34)/t25-/m0/s1. The number of rotatable bonds is 8. The number of aromatic hydroxyl groups is 1. The number of anilines is 1. The summed E-state index contributed by atoms with van der Waals surface area (Å²) < 4.78 is 0. The van der Waals surface area contributed by atoms with Crippen molar-refractivity contribution in [2.45, 2.75) is 32.2 Å². The summed E-state index contributed by atoms with van der Waals surface area (Å²) in [6.07, 6.45) is 2.67. The van der Waals surface area contributed by atoms with Crippen LogP contribution in [0.15, 0.2) is 60.7 Å². The summed E-state index contributed by atoms with van der Waals surface area (Å²) >= 11 is 0. The van der Waals surface area contributed by atoms with Gasteiger partial charge >= 0.3 is 0 Å². The van der Waals surface area contributed by atoms with Crippen LogP contribution in [0, 0.1) is 6.92 Å². The molecule has 1 amide bonds. The highest BCUT2D eigenvalue weighted by atomic mass is 16.3. The van der Waals surface area contributed by atoms with Crippen molar-refractivity contribution < 1.29 is 9.90 Å². The smallest absolute Gasteiger partial charge is 0.242 e. The molecule has 0 spiro atoms. The second-order valence-electron chi connectivity index (χ2n) is 9.23. The summed E-state index contributed by atoms with van der Waals surface area (Å²) in [5, 5.41) is 13.6. The summed E-state index contributed by atoms with van der Waals surface area (Å²) in [6, 6.07) is 19.4. The Bertz CT molecular complexity index is 1080. The zero-order valence-electron chi connectivity index (χ0n) is 20.3. The lowest BCUT2D eigenvalue weighted by Crippen LogP contribution is -2.44. The molecule has 0 unspecified atom stereocenters. The highest BCUT2D eigenvalue weighted by Crippen LogP contribution is 2.36. The number of aromatic nitrogens is 1. The largest absolute Gasteiger partial charge is 0.507 e. The van der Waals surface area contributed by atoms with Gasteiger partial charge in [-0.1, -0.05) is 36.4 Å². The minimum absolute atomic E-state index is 0.0588. The number of hydrogen-bond acceptors (Lipinski definition) is 5. The van der Waals surface area contributed by atoms with Gasteiger partial charge in [0.2, 0.25) is 5.91 Å². The van der Waals surface area contributed by atoms with Crippen molar-refractivity contribution in [2.75, 3.05) is 38.6 Å². The molecule has 3 aromatic rings. The molecule has 0 bridgehead atoms. The van der Waals surface area contributed by atoms with Gasteiger partial charge in [-0.25, -0.2) is 4.98 Å². The first-order chi connectivity index (χ1) is 16.4. The fraction of sp³-hybridized carbons (Fsp3) is 0.357. The molecule has 2 aromatic carbocycles. The maximum atomic E-state index is 13.1. The number of phenols is 1. The molecule has 1 aliphatic heterocycles. The van der Waals surface area contributed by atoms with Crippen molar-refractivity contribution in [2.24, 2.45) is 0 Å². The van der Waals surface area contributed by atoms with E-state index in [-0.39, 0.29) is 17.7 Å². The minimum atomic E-state index is -0.240. The van der Waals surface area contributed by atoms with Gasteiger partial charge in [-0.2, -0.15) is 0 Å². The Morgan fingerprint density at radius 3 is 2.59 bits per heavy atom. The average Bonchev–Trinajstić information content (AvgIpc) is 3.32. The third kappa shape index (κ3) is 5.39. The summed E-state index contributed by atoms with van der Waals surface area (Å²) in [7, 11) is 4.07. The number of aryl methyl sites for hydroxylation is 1. The fourth-order valence-corrected chi connectivity index (χ4v) is 4.58. The van der Waals surface area contributed by atoms with E-state index in [1.54, 1.807) is 6.07 Å². The summed E-state index contributed by atoms with van der Waals surface area (Å²) in [5.74, 6) is 1.02. The van der Waals surface area contributed by atoms with Gasteiger partial charge in [0.25, 0.3) is 0 Å². The molecule has 0 aliphatic carbocycles. The number of pyridine rings is 1. The molecule has 4 rings (SSSR count). The van der Waals surface area contributed by atoms with Crippen LogP contribution in [0.3, 0.4) is 0 Å². The molecule has 6 heteroatoms. The Labute approximate surface area is 202 Å². The van der Waals surface area contributed by atoms with Gasteiger partial charge in [0, 0.05) is 18.7 Å². The van der Waals surface area contributed by atoms with Crippen molar-refractivity contribution in [3.63, 3.8) is 0 Å². The van der Waals surface area contributed by atoms with Crippen LogP contribution in [0.25, 0.3) is 22.4 Å². The Morgan fingerprint density at radius 1 is 1.12 bits per heavy atom. The Morgan fingerprint density at radius 2 is 1.85 bits per heavy atom. The van der Waals surface area contributed by atoms with Crippen molar-refractivity contribution in [1.82, 2.24) is 15.2 Å². The Balaban J connectivity index is 1.68. The lowest BCUT2D eigenvalue weighted by Gasteiger charge is -2.26. The quantitative estimate of drug-likeness (QED) is 0.488. The van der Waals surface area contributed by atoms with Crippen molar-refractivity contribution in [3.05, 3.63) is 66.2 Å². The predicted octanol–water partition coefficient (Wildman–Crippen LogP) is 4.47. The van der Waals surface area contributed by atoms with Gasteiger partial charge in [-0.3, -0.25) is 4.79 Å². The number of nitrogens with zero attached hydrogens (tertiary/aromatic N) is 3. The highest BCUT2D eigenvalue weighted by molar-refractivity contribution is 5.86. The van der Waals surface area contributed by atoms with Gasteiger partial charge in [0.1, 0.15) is 17.6 Å². The minimum Gasteiger partial charge on any atom is -0.507 e. The van der Waals surface area contributed by atoms with Crippen LogP contribution in [0.5, 0.6) is 5.75 Å². The molecule has 2 heterocycles. The van der Waals surface area contributed by atoms with Crippen molar-refractivity contribution in [3.8, 4) is 28.1 Å². The summed E-state index contributed by atoms with van der Waals surface area (Å²) in [6.45, 7) is 4.48. The molecule has 1 aliphatic rings. The van der Waals surface area contributed by atoms with Gasteiger partial charge < -0.3 is 20.2 Å². The number of hydrogen-bond donors (Lipinski definition) is 2. The number of phenolic OH excluding ortho intramolecular Hbond substituents is 1. The Hall–Kier alpha value is -3.38. The lowest BCUT2D eigenvalue weighted by molar-refractivity contribution is -0.122. The van der Waals surface area contributed by atoms with Crippen molar-refractivity contribution >= 4 is 11.7 Å². The van der Waals surface area contributed by atoms with E-state index in [0.717, 1.165) is 49.3 Å². The molecule has 0 radical (unpaired) electrons. The summed E-state index contributed by atoms with van der Waals surface area (Å²) in [5.41, 5.74) is 4.69. The first kappa shape index (κ1) is 23.8. The molecule has 1 saturated heterocycles. The van der Waals surface area contributed by atoms with Gasteiger partial charge in [0.15, 0.2) is 0 Å². The molecule has 1 fully saturated rings. The summed E-state index contributed by atoms with van der Waals surface area (Å²) in [4.78, 5) is 22.2. The zero-order chi connectivity index (χ0) is 24.1. The van der Waals surface area contributed by atoms with E-state index >= 15 is 0 Å². The molecule has 1 atom stereocenters. The topological polar surface area (TPSA) is 68.7 Å². The lowest BCUT2D eigenvalue weighted by atomic mass is 9.99. The average molecular weight is 459 g/mol.